The van der Waals surface area contributed by atoms with E-state index in [0.717, 1.165) is 5.69 Å². The maximum Gasteiger partial charge on any atom is 0.247 e. The number of hydrogen-bond donors (Lipinski definition) is 1. The maximum absolute atomic E-state index is 5.80. The normalized spacial score (nSPS) is 10.4. The fraction of sp³-hybridized carbons (Fsp3) is 0. The largest absolute Gasteiger partial charge is 0.323 e. The molecule has 0 unspecified atom stereocenters. The first-order valence-corrected chi connectivity index (χ1v) is 5.91. The molecular weight excluding hydrogens is 264 g/mol. The topological polar surface area (TPSA) is 68.5 Å². The highest BCUT2D eigenvalue weighted by molar-refractivity contribution is 6.29. The van der Waals surface area contributed by atoms with E-state index >= 15 is 0 Å². The van der Waals surface area contributed by atoms with Gasteiger partial charge >= 0.3 is 0 Å². The molecule has 0 radical (unpaired) electrons. The van der Waals surface area contributed by atoms with Gasteiger partial charge in [-0.3, -0.25) is 0 Å². The van der Waals surface area contributed by atoms with Crippen LogP contribution in [0.1, 0.15) is 0 Å². The number of halogens is 1. The highest BCUT2D eigenvalue weighted by atomic mass is 35.5. The van der Waals surface area contributed by atoms with Crippen molar-refractivity contribution < 1.29 is 0 Å². The van der Waals surface area contributed by atoms with Crippen LogP contribution in [0.3, 0.4) is 0 Å². The predicted octanol–water partition coefficient (Wildman–Crippen LogP) is 2.45. The minimum Gasteiger partial charge on any atom is -0.323 e. The molecular formula is C12H9ClN6. The number of benzene rings is 1. The zero-order chi connectivity index (χ0) is 13.1. The highest BCUT2D eigenvalue weighted by Gasteiger charge is 2.04. The van der Waals surface area contributed by atoms with Gasteiger partial charge in [-0.2, -0.15) is 4.98 Å². The number of aromatic nitrogens is 5. The van der Waals surface area contributed by atoms with Gasteiger partial charge in [-0.15, -0.1) is 5.10 Å². The summed E-state index contributed by atoms with van der Waals surface area (Å²) in [5.41, 5.74) is 0.918. The molecule has 94 valence electrons. The van der Waals surface area contributed by atoms with E-state index in [9.17, 15) is 0 Å². The van der Waals surface area contributed by atoms with Gasteiger partial charge in [0.15, 0.2) is 5.82 Å². The minimum atomic E-state index is 0.359. The van der Waals surface area contributed by atoms with Gasteiger partial charge < -0.3 is 5.32 Å². The lowest BCUT2D eigenvalue weighted by Crippen LogP contribution is -1.99. The zero-order valence-corrected chi connectivity index (χ0v) is 10.5. The molecule has 0 fully saturated rings. The summed E-state index contributed by atoms with van der Waals surface area (Å²) >= 11 is 5.80. The van der Waals surface area contributed by atoms with Crippen LogP contribution in [0.5, 0.6) is 0 Å². The summed E-state index contributed by atoms with van der Waals surface area (Å²) in [7, 11) is 0. The molecule has 3 rings (SSSR count). The second kappa shape index (κ2) is 5.03. The number of rotatable bonds is 3. The minimum absolute atomic E-state index is 0.359. The van der Waals surface area contributed by atoms with E-state index < -0.39 is 0 Å². The molecule has 6 nitrogen and oxygen atoms in total. The molecule has 0 saturated carbocycles. The van der Waals surface area contributed by atoms with Gasteiger partial charge in [0.2, 0.25) is 5.95 Å². The van der Waals surface area contributed by atoms with Crippen LogP contribution in [-0.4, -0.2) is 24.7 Å². The molecule has 0 saturated heterocycles. The van der Waals surface area contributed by atoms with E-state index in [4.69, 9.17) is 11.6 Å². The molecule has 7 heteroatoms. The molecule has 0 aliphatic carbocycles. The van der Waals surface area contributed by atoms with Crippen LogP contribution in [0, 0.1) is 0 Å². The van der Waals surface area contributed by atoms with Gasteiger partial charge in [0.05, 0.1) is 0 Å². The van der Waals surface area contributed by atoms with Crippen molar-refractivity contribution in [3.05, 3.63) is 54.2 Å². The Morgan fingerprint density at radius 2 is 1.89 bits per heavy atom. The smallest absolute Gasteiger partial charge is 0.247 e. The Labute approximate surface area is 114 Å². The monoisotopic (exact) mass is 272 g/mol. The first-order valence-electron chi connectivity index (χ1n) is 5.53. The molecule has 1 N–H and O–H groups in total. The van der Waals surface area contributed by atoms with Gasteiger partial charge in [-0.05, 0) is 12.1 Å². The Balaban J connectivity index is 1.84. The summed E-state index contributed by atoms with van der Waals surface area (Å²) in [6.07, 6.45) is 2.94. The van der Waals surface area contributed by atoms with Crippen molar-refractivity contribution in [2.24, 2.45) is 0 Å². The third kappa shape index (κ3) is 2.69. The molecule has 19 heavy (non-hydrogen) atoms. The first kappa shape index (κ1) is 11.6. The van der Waals surface area contributed by atoms with Crippen molar-refractivity contribution in [1.82, 2.24) is 24.7 Å². The van der Waals surface area contributed by atoms with Gasteiger partial charge in [0, 0.05) is 11.8 Å². The molecule has 0 spiro atoms. The molecule has 0 bridgehead atoms. The second-order valence-electron chi connectivity index (χ2n) is 3.70. The molecule has 0 aliphatic heterocycles. The average Bonchev–Trinajstić information content (AvgIpc) is 2.88. The van der Waals surface area contributed by atoms with E-state index in [1.54, 1.807) is 12.4 Å². The summed E-state index contributed by atoms with van der Waals surface area (Å²) in [4.78, 5) is 12.0. The lowest BCUT2D eigenvalue weighted by molar-refractivity contribution is 0.840. The summed E-state index contributed by atoms with van der Waals surface area (Å²) in [6, 6.07) is 11.3. The Morgan fingerprint density at radius 3 is 2.68 bits per heavy atom. The Kier molecular flexibility index (Phi) is 3.07. The number of nitrogens with one attached hydrogen (secondary N) is 1. The van der Waals surface area contributed by atoms with E-state index in [1.165, 1.54) is 11.0 Å². The van der Waals surface area contributed by atoms with E-state index in [-0.39, 0.29) is 0 Å². The molecule has 2 heterocycles. The summed E-state index contributed by atoms with van der Waals surface area (Å²) in [5, 5.41) is 7.71. The van der Waals surface area contributed by atoms with Crippen molar-refractivity contribution in [2.75, 3.05) is 5.32 Å². The summed E-state index contributed by atoms with van der Waals surface area (Å²) < 4.78 is 1.53. The van der Waals surface area contributed by atoms with Crippen molar-refractivity contribution in [3.8, 4) is 5.82 Å². The molecule has 2 aromatic heterocycles. The van der Waals surface area contributed by atoms with Crippen LogP contribution in [0.25, 0.3) is 5.82 Å². The summed E-state index contributed by atoms with van der Waals surface area (Å²) in [5.74, 6) is 1.05. The standard InChI is InChI=1S/C12H9ClN6/c13-10-6-11(15-7-14-10)19-8-16-12(18-19)17-9-4-2-1-3-5-9/h1-8H,(H,17,18). The van der Waals surface area contributed by atoms with Crippen LogP contribution < -0.4 is 5.32 Å². The van der Waals surface area contributed by atoms with Gasteiger partial charge in [-0.1, -0.05) is 29.8 Å². The van der Waals surface area contributed by atoms with Crippen LogP contribution >= 0.6 is 11.6 Å². The van der Waals surface area contributed by atoms with Crippen LogP contribution in [0.2, 0.25) is 5.15 Å². The molecule has 3 aromatic rings. The highest BCUT2D eigenvalue weighted by Crippen LogP contribution is 2.13. The molecule has 0 amide bonds. The van der Waals surface area contributed by atoms with E-state index in [2.05, 4.69) is 25.4 Å². The molecule has 0 atom stereocenters. The van der Waals surface area contributed by atoms with Crippen molar-refractivity contribution in [2.45, 2.75) is 0 Å². The Hall–Kier alpha value is -2.47. The van der Waals surface area contributed by atoms with Crippen molar-refractivity contribution >= 4 is 23.2 Å². The fourth-order valence-corrected chi connectivity index (χ4v) is 1.67. The Morgan fingerprint density at radius 1 is 1.05 bits per heavy atom. The van der Waals surface area contributed by atoms with Crippen LogP contribution in [0.4, 0.5) is 11.6 Å². The van der Waals surface area contributed by atoms with Crippen LogP contribution in [-0.2, 0) is 0 Å². The average molecular weight is 273 g/mol. The summed E-state index contributed by atoms with van der Waals surface area (Å²) in [6.45, 7) is 0. The predicted molar refractivity (Wildman–Crippen MR) is 71.7 cm³/mol. The van der Waals surface area contributed by atoms with Crippen LogP contribution in [0.15, 0.2) is 49.1 Å². The van der Waals surface area contributed by atoms with E-state index in [1.807, 2.05) is 30.3 Å². The lowest BCUT2D eigenvalue weighted by atomic mass is 10.3. The maximum atomic E-state index is 5.80. The lowest BCUT2D eigenvalue weighted by Gasteiger charge is -2.00. The second-order valence-corrected chi connectivity index (χ2v) is 4.09. The van der Waals surface area contributed by atoms with E-state index in [0.29, 0.717) is 16.9 Å². The number of nitrogens with zero attached hydrogens (tertiary/aromatic N) is 5. The van der Waals surface area contributed by atoms with Crippen molar-refractivity contribution in [3.63, 3.8) is 0 Å². The SMILES string of the molecule is Clc1cc(-n2cnc(Nc3ccccc3)n2)ncn1. The number of anilines is 2. The van der Waals surface area contributed by atoms with Gasteiger partial charge in [0.25, 0.3) is 0 Å². The first-order chi connectivity index (χ1) is 9.31. The third-order valence-corrected chi connectivity index (χ3v) is 2.58. The number of para-hydroxylation sites is 1. The number of hydrogen-bond acceptors (Lipinski definition) is 5. The molecule has 1 aromatic carbocycles. The Bertz CT molecular complexity index is 681. The van der Waals surface area contributed by atoms with Crippen molar-refractivity contribution in [1.29, 1.82) is 0 Å². The van der Waals surface area contributed by atoms with Gasteiger partial charge in [-0.25, -0.2) is 14.6 Å². The van der Waals surface area contributed by atoms with Gasteiger partial charge in [0.1, 0.15) is 17.8 Å². The fourth-order valence-electron chi connectivity index (χ4n) is 1.53. The quantitative estimate of drug-likeness (QED) is 0.742. The molecule has 0 aliphatic rings. The third-order valence-electron chi connectivity index (χ3n) is 2.38. The zero-order valence-electron chi connectivity index (χ0n) is 9.73.